The van der Waals surface area contributed by atoms with Crippen molar-refractivity contribution in [2.45, 2.75) is 31.5 Å². The van der Waals surface area contributed by atoms with Crippen molar-refractivity contribution in [3.63, 3.8) is 0 Å². The number of phenols is 1. The number of aromatic hydroxyl groups is 1. The van der Waals surface area contributed by atoms with E-state index in [9.17, 15) is 23.1 Å². The zero-order valence-electron chi connectivity index (χ0n) is 18.9. The second kappa shape index (κ2) is 10.2. The zero-order chi connectivity index (χ0) is 25.0. The molecule has 0 spiro atoms. The molecule has 3 aromatic rings. The third kappa shape index (κ3) is 6.00. The molecule has 0 bridgehead atoms. The van der Waals surface area contributed by atoms with Gasteiger partial charge in [-0.05, 0) is 55.0 Å². The standard InChI is InChI=1S/C27H23F3N2O3/c1-17-14-18(8-9-27(30)10-12-35-13-11-27)15-23(31-17)26(34)32-25(19-2-4-20(28)5-3-19)22-16-21(29)6-7-24(22)33/h2-7,14-16,25,33H,10-13H2,1H3,(H,32,34). The Hall–Kier alpha value is -3.83. The topological polar surface area (TPSA) is 71.5 Å². The van der Waals surface area contributed by atoms with Crippen molar-refractivity contribution in [1.29, 1.82) is 0 Å². The summed E-state index contributed by atoms with van der Waals surface area (Å²) in [5, 5.41) is 13.1. The molecular weight excluding hydrogens is 457 g/mol. The molecule has 1 aromatic heterocycles. The summed E-state index contributed by atoms with van der Waals surface area (Å²) in [7, 11) is 0. The fraction of sp³-hybridized carbons (Fsp3) is 0.259. The Bertz CT molecular complexity index is 1290. The Labute approximate surface area is 201 Å². The van der Waals surface area contributed by atoms with E-state index in [0.29, 0.717) is 30.0 Å². The van der Waals surface area contributed by atoms with Crippen LogP contribution < -0.4 is 5.32 Å². The van der Waals surface area contributed by atoms with E-state index in [-0.39, 0.29) is 29.8 Å². The van der Waals surface area contributed by atoms with Crippen molar-refractivity contribution >= 4 is 5.91 Å². The third-order valence-electron chi connectivity index (χ3n) is 5.68. The van der Waals surface area contributed by atoms with Crippen molar-refractivity contribution < 1.29 is 27.8 Å². The van der Waals surface area contributed by atoms with Gasteiger partial charge in [-0.2, -0.15) is 0 Å². The van der Waals surface area contributed by atoms with Gasteiger partial charge in [0.15, 0.2) is 5.67 Å². The first-order chi connectivity index (χ1) is 16.7. The van der Waals surface area contributed by atoms with Crippen LogP contribution in [0.25, 0.3) is 0 Å². The molecule has 2 N–H and O–H groups in total. The van der Waals surface area contributed by atoms with Gasteiger partial charge in [0.1, 0.15) is 23.1 Å². The molecule has 0 radical (unpaired) electrons. The smallest absolute Gasteiger partial charge is 0.270 e. The summed E-state index contributed by atoms with van der Waals surface area (Å²) in [5.41, 5.74) is -0.215. The first kappa shape index (κ1) is 24.3. The Morgan fingerprint density at radius 1 is 1.09 bits per heavy atom. The van der Waals surface area contributed by atoms with E-state index in [1.165, 1.54) is 36.4 Å². The van der Waals surface area contributed by atoms with Gasteiger partial charge < -0.3 is 15.2 Å². The molecule has 2 heterocycles. The minimum Gasteiger partial charge on any atom is -0.508 e. The first-order valence-corrected chi connectivity index (χ1v) is 11.1. The third-order valence-corrected chi connectivity index (χ3v) is 5.68. The number of alkyl halides is 1. The Morgan fingerprint density at radius 2 is 1.77 bits per heavy atom. The van der Waals surface area contributed by atoms with Gasteiger partial charge in [0.25, 0.3) is 5.91 Å². The lowest BCUT2D eigenvalue weighted by Crippen LogP contribution is -2.30. The molecule has 1 amide bonds. The molecule has 180 valence electrons. The number of hydrogen-bond acceptors (Lipinski definition) is 4. The summed E-state index contributed by atoms with van der Waals surface area (Å²) >= 11 is 0. The van der Waals surface area contributed by atoms with E-state index in [0.717, 1.165) is 12.1 Å². The van der Waals surface area contributed by atoms with Crippen molar-refractivity contribution in [1.82, 2.24) is 10.3 Å². The zero-order valence-corrected chi connectivity index (χ0v) is 18.9. The van der Waals surface area contributed by atoms with E-state index in [1.807, 2.05) is 0 Å². The number of ether oxygens (including phenoxy) is 1. The maximum atomic E-state index is 14.8. The molecule has 2 aromatic carbocycles. The highest BCUT2D eigenvalue weighted by Gasteiger charge is 2.30. The van der Waals surface area contributed by atoms with Crippen LogP contribution in [0, 0.1) is 30.4 Å². The van der Waals surface area contributed by atoms with Crippen molar-refractivity contribution in [3.8, 4) is 17.6 Å². The van der Waals surface area contributed by atoms with Gasteiger partial charge in [-0.25, -0.2) is 18.2 Å². The lowest BCUT2D eigenvalue weighted by atomic mass is 9.96. The number of pyridine rings is 1. The number of aryl methyl sites for hydroxylation is 1. The van der Waals surface area contributed by atoms with Gasteiger partial charge >= 0.3 is 0 Å². The first-order valence-electron chi connectivity index (χ1n) is 11.1. The number of nitrogens with zero attached hydrogens (tertiary/aromatic N) is 1. The van der Waals surface area contributed by atoms with Gasteiger partial charge in [0.2, 0.25) is 0 Å². The number of halogens is 3. The number of carbonyl (C=O) groups excluding carboxylic acids is 1. The molecule has 1 atom stereocenters. The van der Waals surface area contributed by atoms with Crippen LogP contribution in [0.1, 0.15) is 51.8 Å². The number of nitrogens with one attached hydrogen (secondary N) is 1. The molecule has 1 saturated heterocycles. The Morgan fingerprint density at radius 3 is 2.49 bits per heavy atom. The Balaban J connectivity index is 1.65. The fourth-order valence-corrected chi connectivity index (χ4v) is 3.82. The number of aromatic nitrogens is 1. The second-order valence-corrected chi connectivity index (χ2v) is 8.37. The molecule has 4 rings (SSSR count). The van der Waals surface area contributed by atoms with Crippen molar-refractivity contribution in [3.05, 3.63) is 94.3 Å². The van der Waals surface area contributed by atoms with E-state index in [4.69, 9.17) is 4.74 Å². The lowest BCUT2D eigenvalue weighted by molar-refractivity contribution is 0.0218. The molecule has 1 aliphatic rings. The number of hydrogen-bond donors (Lipinski definition) is 2. The Kier molecular flexibility index (Phi) is 7.08. The summed E-state index contributed by atoms with van der Waals surface area (Å²) in [5.74, 6) is 3.48. The van der Waals surface area contributed by atoms with E-state index in [1.54, 1.807) is 13.0 Å². The van der Waals surface area contributed by atoms with Gasteiger partial charge in [0.05, 0.1) is 19.3 Å². The van der Waals surface area contributed by atoms with Gasteiger partial charge in [-0.15, -0.1) is 0 Å². The molecule has 0 saturated carbocycles. The summed E-state index contributed by atoms with van der Waals surface area (Å²) in [4.78, 5) is 17.4. The molecule has 1 aliphatic heterocycles. The highest BCUT2D eigenvalue weighted by atomic mass is 19.1. The number of carbonyl (C=O) groups is 1. The normalized spacial score (nSPS) is 15.5. The summed E-state index contributed by atoms with van der Waals surface area (Å²) in [6, 6.07) is 10.7. The summed E-state index contributed by atoms with van der Waals surface area (Å²) in [6.45, 7) is 2.27. The fourth-order valence-electron chi connectivity index (χ4n) is 3.82. The minimum absolute atomic E-state index is 0.0113. The van der Waals surface area contributed by atoms with Gasteiger partial charge in [-0.1, -0.05) is 24.0 Å². The maximum absolute atomic E-state index is 14.8. The van der Waals surface area contributed by atoms with E-state index >= 15 is 0 Å². The van der Waals surface area contributed by atoms with Crippen LogP contribution in [-0.4, -0.2) is 34.9 Å². The molecule has 1 fully saturated rings. The van der Waals surface area contributed by atoms with E-state index in [2.05, 4.69) is 22.1 Å². The highest BCUT2D eigenvalue weighted by Crippen LogP contribution is 2.31. The predicted molar refractivity (Wildman–Crippen MR) is 124 cm³/mol. The van der Waals surface area contributed by atoms with Gasteiger partial charge in [-0.3, -0.25) is 4.79 Å². The van der Waals surface area contributed by atoms with Crippen LogP contribution in [0.2, 0.25) is 0 Å². The van der Waals surface area contributed by atoms with Crippen LogP contribution in [0.4, 0.5) is 13.2 Å². The van der Waals surface area contributed by atoms with Crippen molar-refractivity contribution in [2.75, 3.05) is 13.2 Å². The van der Waals surface area contributed by atoms with Crippen LogP contribution in [-0.2, 0) is 4.74 Å². The monoisotopic (exact) mass is 480 g/mol. The minimum atomic E-state index is -1.65. The van der Waals surface area contributed by atoms with Crippen LogP contribution in [0.5, 0.6) is 5.75 Å². The molecular formula is C27H23F3N2O3. The number of rotatable bonds is 4. The number of amides is 1. The number of benzene rings is 2. The second-order valence-electron chi connectivity index (χ2n) is 8.37. The lowest BCUT2D eigenvalue weighted by Gasteiger charge is -2.24. The van der Waals surface area contributed by atoms with Crippen LogP contribution >= 0.6 is 0 Å². The predicted octanol–water partition coefficient (Wildman–Crippen LogP) is 4.76. The average molecular weight is 480 g/mol. The largest absolute Gasteiger partial charge is 0.508 e. The summed E-state index contributed by atoms with van der Waals surface area (Å²) < 4.78 is 47.5. The highest BCUT2D eigenvalue weighted by molar-refractivity contribution is 5.93. The molecule has 1 unspecified atom stereocenters. The number of phenolic OH excluding ortho intramolecular Hbond substituents is 1. The quantitative estimate of drug-likeness (QED) is 0.528. The SMILES string of the molecule is Cc1cc(C#CC2(F)CCOCC2)cc(C(=O)NC(c2ccc(F)cc2)c2cc(F)ccc2O)n1. The summed E-state index contributed by atoms with van der Waals surface area (Å²) in [6.07, 6.45) is 0.349. The van der Waals surface area contributed by atoms with E-state index < -0.39 is 29.3 Å². The van der Waals surface area contributed by atoms with Gasteiger partial charge in [0, 0.05) is 29.7 Å². The van der Waals surface area contributed by atoms with Crippen LogP contribution in [0.15, 0.2) is 54.6 Å². The molecule has 35 heavy (non-hydrogen) atoms. The average Bonchev–Trinajstić information content (AvgIpc) is 2.84. The van der Waals surface area contributed by atoms with Crippen molar-refractivity contribution in [2.24, 2.45) is 0 Å². The maximum Gasteiger partial charge on any atom is 0.270 e. The molecule has 5 nitrogen and oxygen atoms in total. The van der Waals surface area contributed by atoms with Crippen LogP contribution in [0.3, 0.4) is 0 Å². The molecule has 8 heteroatoms. The molecule has 0 aliphatic carbocycles.